The Morgan fingerprint density at radius 1 is 1.62 bits per heavy atom. The number of rotatable bonds is 3. The van der Waals surface area contributed by atoms with Gasteiger partial charge in [0.25, 0.3) is 0 Å². The molecule has 0 radical (unpaired) electrons. The van der Waals surface area contributed by atoms with Crippen LogP contribution in [0.3, 0.4) is 0 Å². The van der Waals surface area contributed by atoms with Crippen molar-refractivity contribution < 1.29 is 5.11 Å². The topological polar surface area (TPSA) is 72.3 Å². The van der Waals surface area contributed by atoms with Gasteiger partial charge in [0.2, 0.25) is 0 Å². The minimum atomic E-state index is -0.582. The average molecular weight is 186 g/mol. The third kappa shape index (κ3) is 2.42. The van der Waals surface area contributed by atoms with Gasteiger partial charge in [-0.05, 0) is 44.6 Å². The second-order valence-electron chi connectivity index (χ2n) is 4.30. The summed E-state index contributed by atoms with van der Waals surface area (Å²) in [7, 11) is 0. The fraction of sp³-hybridized carbons (Fsp3) is 1.00. The standard InChI is InChI=1S/C10H22N2O/c1-2-8(7-11)10(13)5-3-4-9(12)6-10/h8-9,13H,2-7,11-12H2,1H3. The van der Waals surface area contributed by atoms with Gasteiger partial charge in [-0.1, -0.05) is 6.92 Å². The van der Waals surface area contributed by atoms with Crippen LogP contribution in [-0.2, 0) is 0 Å². The van der Waals surface area contributed by atoms with Crippen molar-refractivity contribution in [3.63, 3.8) is 0 Å². The summed E-state index contributed by atoms with van der Waals surface area (Å²) in [6, 6.07) is 0.166. The Balaban J connectivity index is 2.61. The summed E-state index contributed by atoms with van der Waals surface area (Å²) in [5.74, 6) is 0.221. The molecule has 3 unspecified atom stereocenters. The van der Waals surface area contributed by atoms with Crippen LogP contribution in [0.1, 0.15) is 39.0 Å². The first-order valence-electron chi connectivity index (χ1n) is 5.30. The number of hydrogen-bond donors (Lipinski definition) is 3. The molecule has 1 rings (SSSR count). The monoisotopic (exact) mass is 186 g/mol. The summed E-state index contributed by atoms with van der Waals surface area (Å²) >= 11 is 0. The Morgan fingerprint density at radius 2 is 2.31 bits per heavy atom. The first-order valence-corrected chi connectivity index (χ1v) is 5.30. The molecule has 0 amide bonds. The largest absolute Gasteiger partial charge is 0.389 e. The van der Waals surface area contributed by atoms with E-state index in [-0.39, 0.29) is 12.0 Å². The van der Waals surface area contributed by atoms with E-state index < -0.39 is 5.60 Å². The SMILES string of the molecule is CCC(CN)C1(O)CCCC(N)C1. The predicted octanol–water partition coefficient (Wildman–Crippen LogP) is 0.604. The summed E-state index contributed by atoms with van der Waals surface area (Å²) < 4.78 is 0. The van der Waals surface area contributed by atoms with E-state index in [2.05, 4.69) is 6.92 Å². The Labute approximate surface area is 80.5 Å². The molecule has 3 heteroatoms. The van der Waals surface area contributed by atoms with E-state index in [1.165, 1.54) is 0 Å². The van der Waals surface area contributed by atoms with Crippen molar-refractivity contribution in [2.75, 3.05) is 6.54 Å². The molecule has 3 nitrogen and oxygen atoms in total. The molecular weight excluding hydrogens is 164 g/mol. The summed E-state index contributed by atoms with van der Waals surface area (Å²) in [6.07, 6.45) is 4.62. The number of aliphatic hydroxyl groups is 1. The molecule has 0 aliphatic heterocycles. The summed E-state index contributed by atoms with van der Waals surface area (Å²) in [4.78, 5) is 0. The molecule has 5 N–H and O–H groups in total. The number of hydrogen-bond acceptors (Lipinski definition) is 3. The van der Waals surface area contributed by atoms with E-state index >= 15 is 0 Å². The van der Waals surface area contributed by atoms with Crippen LogP contribution >= 0.6 is 0 Å². The molecular formula is C10H22N2O. The van der Waals surface area contributed by atoms with Crippen LogP contribution in [0.5, 0.6) is 0 Å². The van der Waals surface area contributed by atoms with Crippen molar-refractivity contribution in [3.05, 3.63) is 0 Å². The maximum Gasteiger partial charge on any atom is 0.0702 e. The highest BCUT2D eigenvalue weighted by molar-refractivity contribution is 4.93. The molecule has 0 spiro atoms. The van der Waals surface area contributed by atoms with Crippen LogP contribution in [0.15, 0.2) is 0 Å². The molecule has 0 saturated heterocycles. The summed E-state index contributed by atoms with van der Waals surface area (Å²) in [5.41, 5.74) is 10.9. The second-order valence-corrected chi connectivity index (χ2v) is 4.30. The molecule has 0 aromatic carbocycles. The number of nitrogens with two attached hydrogens (primary N) is 2. The maximum absolute atomic E-state index is 10.3. The molecule has 1 aliphatic rings. The van der Waals surface area contributed by atoms with Crippen LogP contribution in [0.25, 0.3) is 0 Å². The lowest BCUT2D eigenvalue weighted by Crippen LogP contribution is -2.48. The molecule has 0 bridgehead atoms. The fourth-order valence-electron chi connectivity index (χ4n) is 2.47. The minimum Gasteiger partial charge on any atom is -0.389 e. The molecule has 1 saturated carbocycles. The van der Waals surface area contributed by atoms with Crippen molar-refractivity contribution in [3.8, 4) is 0 Å². The molecule has 0 aromatic heterocycles. The van der Waals surface area contributed by atoms with Gasteiger partial charge in [-0.3, -0.25) is 0 Å². The second kappa shape index (κ2) is 4.40. The lowest BCUT2D eigenvalue weighted by atomic mass is 9.73. The van der Waals surface area contributed by atoms with Crippen molar-refractivity contribution >= 4 is 0 Å². The fourth-order valence-corrected chi connectivity index (χ4v) is 2.47. The highest BCUT2D eigenvalue weighted by Gasteiger charge is 2.38. The van der Waals surface area contributed by atoms with Gasteiger partial charge in [-0.2, -0.15) is 0 Å². The third-order valence-corrected chi connectivity index (χ3v) is 3.34. The Kier molecular flexibility index (Phi) is 3.71. The van der Waals surface area contributed by atoms with Crippen LogP contribution < -0.4 is 11.5 Å². The highest BCUT2D eigenvalue weighted by Crippen LogP contribution is 2.34. The van der Waals surface area contributed by atoms with E-state index in [9.17, 15) is 5.11 Å². The summed E-state index contributed by atoms with van der Waals surface area (Å²) in [6.45, 7) is 2.65. The lowest BCUT2D eigenvalue weighted by molar-refractivity contribution is -0.0524. The zero-order chi connectivity index (χ0) is 9.90. The van der Waals surface area contributed by atoms with Crippen molar-refractivity contribution in [2.45, 2.75) is 50.7 Å². The first-order chi connectivity index (χ1) is 6.12. The van der Waals surface area contributed by atoms with Crippen LogP contribution in [0.4, 0.5) is 0 Å². The van der Waals surface area contributed by atoms with E-state index in [1.54, 1.807) is 0 Å². The van der Waals surface area contributed by atoms with E-state index in [0.717, 1.165) is 32.1 Å². The van der Waals surface area contributed by atoms with Crippen LogP contribution in [0.2, 0.25) is 0 Å². The van der Waals surface area contributed by atoms with Crippen molar-refractivity contribution in [1.82, 2.24) is 0 Å². The molecule has 1 aliphatic carbocycles. The first kappa shape index (κ1) is 11.0. The Bertz CT molecular complexity index is 159. The van der Waals surface area contributed by atoms with Crippen LogP contribution in [0, 0.1) is 5.92 Å². The predicted molar refractivity (Wildman–Crippen MR) is 54.2 cm³/mol. The normalized spacial score (nSPS) is 37.4. The van der Waals surface area contributed by atoms with Gasteiger partial charge in [0, 0.05) is 6.04 Å². The quantitative estimate of drug-likeness (QED) is 0.604. The van der Waals surface area contributed by atoms with Crippen molar-refractivity contribution in [2.24, 2.45) is 17.4 Å². The zero-order valence-electron chi connectivity index (χ0n) is 8.50. The van der Waals surface area contributed by atoms with Gasteiger partial charge in [-0.25, -0.2) is 0 Å². The van der Waals surface area contributed by atoms with Gasteiger partial charge in [0.15, 0.2) is 0 Å². The van der Waals surface area contributed by atoms with E-state index in [0.29, 0.717) is 6.54 Å². The van der Waals surface area contributed by atoms with E-state index in [1.807, 2.05) is 0 Å². The summed E-state index contributed by atoms with van der Waals surface area (Å²) in [5, 5.41) is 10.3. The molecule has 0 heterocycles. The molecule has 3 atom stereocenters. The zero-order valence-corrected chi connectivity index (χ0v) is 8.50. The maximum atomic E-state index is 10.3. The van der Waals surface area contributed by atoms with Gasteiger partial charge >= 0.3 is 0 Å². The van der Waals surface area contributed by atoms with Gasteiger partial charge < -0.3 is 16.6 Å². The van der Waals surface area contributed by atoms with Gasteiger partial charge in [0.05, 0.1) is 5.60 Å². The smallest absolute Gasteiger partial charge is 0.0702 e. The molecule has 13 heavy (non-hydrogen) atoms. The third-order valence-electron chi connectivity index (χ3n) is 3.34. The van der Waals surface area contributed by atoms with Crippen molar-refractivity contribution in [1.29, 1.82) is 0 Å². The van der Waals surface area contributed by atoms with E-state index in [4.69, 9.17) is 11.5 Å². The highest BCUT2D eigenvalue weighted by atomic mass is 16.3. The molecule has 78 valence electrons. The molecule has 1 fully saturated rings. The lowest BCUT2D eigenvalue weighted by Gasteiger charge is -2.40. The average Bonchev–Trinajstić information content (AvgIpc) is 2.05. The van der Waals surface area contributed by atoms with Gasteiger partial charge in [-0.15, -0.1) is 0 Å². The minimum absolute atomic E-state index is 0.166. The Hall–Kier alpha value is -0.120. The van der Waals surface area contributed by atoms with Crippen LogP contribution in [-0.4, -0.2) is 23.3 Å². The Morgan fingerprint density at radius 3 is 2.77 bits per heavy atom. The molecule has 0 aromatic rings. The van der Waals surface area contributed by atoms with Gasteiger partial charge in [0.1, 0.15) is 0 Å².